The molecule has 3 atom stereocenters. The molecule has 1 aliphatic carbocycles. The molecule has 3 rings (SSSR count). The minimum atomic E-state index is -1.00. The van der Waals surface area contributed by atoms with Crippen LogP contribution >= 0.6 is 11.6 Å². The lowest BCUT2D eigenvalue weighted by atomic mass is 9.70. The summed E-state index contributed by atoms with van der Waals surface area (Å²) in [5.41, 5.74) is -0.607. The number of rotatable bonds is 14. The van der Waals surface area contributed by atoms with Gasteiger partial charge in [-0.25, -0.2) is 9.18 Å². The van der Waals surface area contributed by atoms with Crippen LogP contribution in [0.25, 0.3) is 0 Å². The number of likely N-dealkylation sites (N-methyl/N-ethyl adjacent to an activating group) is 1. The van der Waals surface area contributed by atoms with Crippen molar-refractivity contribution in [3.8, 4) is 0 Å². The number of unbranched alkanes of at least 4 members (excludes halogenated alkanes) is 1. The number of ether oxygens (including phenoxy) is 1. The van der Waals surface area contributed by atoms with Crippen molar-refractivity contribution in [2.24, 2.45) is 17.8 Å². The van der Waals surface area contributed by atoms with Crippen LogP contribution < -0.4 is 16.0 Å². The fourth-order valence-corrected chi connectivity index (χ4v) is 6.92. The Morgan fingerprint density at radius 3 is 2.59 bits per heavy atom. The molecule has 0 spiro atoms. The molecule has 3 N–H and O–H groups in total. The Morgan fingerprint density at radius 2 is 1.90 bits per heavy atom. The summed E-state index contributed by atoms with van der Waals surface area (Å²) in [6.07, 6.45) is 10.9. The number of nitrogens with zero attached hydrogens (tertiary/aromatic N) is 1. The van der Waals surface area contributed by atoms with Crippen LogP contribution in [0, 0.1) is 23.6 Å². The topological polar surface area (TPSA) is 82.7 Å². The molecular weight excluding hydrogens is 543 g/mol. The van der Waals surface area contributed by atoms with Gasteiger partial charge in [-0.3, -0.25) is 4.79 Å². The summed E-state index contributed by atoms with van der Waals surface area (Å²) in [6.45, 7) is 6.05. The van der Waals surface area contributed by atoms with Crippen molar-refractivity contribution in [2.75, 3.05) is 40.4 Å². The van der Waals surface area contributed by atoms with Gasteiger partial charge in [0, 0.05) is 56.8 Å². The van der Waals surface area contributed by atoms with Crippen LogP contribution in [-0.2, 0) is 15.1 Å². The SMILES string of the molecule is CNC[C@H](CC1CCCCC1)NC(=O)N1CCC[C@H](C(CCCCOC)(NC(=O)C(C)C)c2cccc(Cl)c2F)C1. The Labute approximate surface area is 251 Å². The van der Waals surface area contributed by atoms with Crippen molar-refractivity contribution >= 4 is 23.5 Å². The third-order valence-electron chi connectivity index (χ3n) is 9.00. The van der Waals surface area contributed by atoms with E-state index in [4.69, 9.17) is 16.3 Å². The van der Waals surface area contributed by atoms with Crippen molar-refractivity contribution in [3.05, 3.63) is 34.6 Å². The highest BCUT2D eigenvalue weighted by atomic mass is 35.5. The van der Waals surface area contributed by atoms with Crippen molar-refractivity contribution in [2.45, 2.75) is 96.1 Å². The molecule has 9 heteroatoms. The average Bonchev–Trinajstić information content (AvgIpc) is 2.96. The summed E-state index contributed by atoms with van der Waals surface area (Å²) < 4.78 is 21.1. The van der Waals surface area contributed by atoms with Gasteiger partial charge in [-0.2, -0.15) is 0 Å². The number of likely N-dealkylation sites (tertiary alicyclic amines) is 1. The van der Waals surface area contributed by atoms with E-state index < -0.39 is 11.4 Å². The van der Waals surface area contributed by atoms with Crippen molar-refractivity contribution in [1.82, 2.24) is 20.9 Å². The maximum Gasteiger partial charge on any atom is 0.317 e. The molecule has 0 aromatic heterocycles. The van der Waals surface area contributed by atoms with Gasteiger partial charge in [-0.1, -0.05) is 69.7 Å². The predicted molar refractivity (Wildman–Crippen MR) is 164 cm³/mol. The quantitative estimate of drug-likeness (QED) is 0.223. The Kier molecular flexibility index (Phi) is 13.7. The van der Waals surface area contributed by atoms with Gasteiger partial charge in [0.2, 0.25) is 5.91 Å². The predicted octanol–water partition coefficient (Wildman–Crippen LogP) is 6.24. The zero-order chi connectivity index (χ0) is 29.8. The molecule has 41 heavy (non-hydrogen) atoms. The monoisotopic (exact) mass is 594 g/mol. The van der Waals surface area contributed by atoms with Crippen LogP contribution in [0.15, 0.2) is 18.2 Å². The molecule has 2 aliphatic rings. The van der Waals surface area contributed by atoms with Gasteiger partial charge in [0.15, 0.2) is 0 Å². The van der Waals surface area contributed by atoms with Gasteiger partial charge < -0.3 is 25.6 Å². The van der Waals surface area contributed by atoms with E-state index in [0.29, 0.717) is 37.6 Å². The molecule has 1 unspecified atom stereocenters. The summed E-state index contributed by atoms with van der Waals surface area (Å²) in [5.74, 6) is -0.456. The van der Waals surface area contributed by atoms with E-state index in [9.17, 15) is 9.59 Å². The van der Waals surface area contributed by atoms with Crippen LogP contribution in [-0.4, -0.2) is 63.3 Å². The Hall–Kier alpha value is -1.90. The first-order chi connectivity index (χ1) is 19.7. The zero-order valence-electron chi connectivity index (χ0n) is 25.6. The number of carbonyl (C=O) groups excluding carboxylic acids is 2. The third kappa shape index (κ3) is 9.29. The van der Waals surface area contributed by atoms with E-state index in [-0.39, 0.29) is 34.8 Å². The molecule has 1 aliphatic heterocycles. The van der Waals surface area contributed by atoms with Gasteiger partial charge >= 0.3 is 6.03 Å². The van der Waals surface area contributed by atoms with Crippen LogP contribution in [0.4, 0.5) is 9.18 Å². The first kappa shape index (κ1) is 33.6. The van der Waals surface area contributed by atoms with E-state index in [1.807, 2.05) is 25.8 Å². The van der Waals surface area contributed by atoms with E-state index in [1.165, 1.54) is 38.2 Å². The summed E-state index contributed by atoms with van der Waals surface area (Å²) in [5, 5.41) is 9.89. The Bertz CT molecular complexity index is 974. The van der Waals surface area contributed by atoms with Crippen molar-refractivity contribution in [1.29, 1.82) is 0 Å². The van der Waals surface area contributed by atoms with Crippen LogP contribution in [0.5, 0.6) is 0 Å². The van der Waals surface area contributed by atoms with Crippen molar-refractivity contribution in [3.63, 3.8) is 0 Å². The molecule has 1 heterocycles. The van der Waals surface area contributed by atoms with Gasteiger partial charge in [0.1, 0.15) is 5.82 Å². The number of urea groups is 1. The number of nitrogens with one attached hydrogen (secondary N) is 3. The second-order valence-electron chi connectivity index (χ2n) is 12.4. The maximum absolute atomic E-state index is 15.8. The first-order valence-corrected chi connectivity index (χ1v) is 16.0. The van der Waals surface area contributed by atoms with E-state index in [1.54, 1.807) is 19.2 Å². The summed E-state index contributed by atoms with van der Waals surface area (Å²) in [7, 11) is 3.59. The number of piperidine rings is 1. The summed E-state index contributed by atoms with van der Waals surface area (Å²) >= 11 is 6.30. The molecule has 7 nitrogen and oxygen atoms in total. The molecule has 232 valence electrons. The lowest BCUT2D eigenvalue weighted by molar-refractivity contribution is -0.127. The van der Waals surface area contributed by atoms with Gasteiger partial charge in [-0.15, -0.1) is 0 Å². The van der Waals surface area contributed by atoms with Crippen LogP contribution in [0.3, 0.4) is 0 Å². The third-order valence-corrected chi connectivity index (χ3v) is 9.29. The number of hydrogen-bond donors (Lipinski definition) is 3. The number of hydrogen-bond acceptors (Lipinski definition) is 4. The molecule has 0 radical (unpaired) electrons. The fraction of sp³-hybridized carbons (Fsp3) is 0.750. The van der Waals surface area contributed by atoms with E-state index >= 15 is 4.39 Å². The molecule has 1 saturated heterocycles. The van der Waals surface area contributed by atoms with Crippen LogP contribution in [0.2, 0.25) is 5.02 Å². The normalized spacial score (nSPS) is 20.5. The molecule has 0 bridgehead atoms. The van der Waals surface area contributed by atoms with Crippen molar-refractivity contribution < 1.29 is 18.7 Å². The molecule has 1 aromatic rings. The maximum atomic E-state index is 15.8. The average molecular weight is 595 g/mol. The van der Waals surface area contributed by atoms with E-state index in [2.05, 4.69) is 16.0 Å². The van der Waals surface area contributed by atoms with Gasteiger partial charge in [0.05, 0.1) is 10.6 Å². The largest absolute Gasteiger partial charge is 0.385 e. The molecule has 3 amide bonds. The smallest absolute Gasteiger partial charge is 0.317 e. The lowest BCUT2D eigenvalue weighted by Gasteiger charge is -2.47. The fourth-order valence-electron chi connectivity index (χ4n) is 6.75. The van der Waals surface area contributed by atoms with Gasteiger partial charge in [-0.05, 0) is 57.6 Å². The van der Waals surface area contributed by atoms with Crippen LogP contribution in [0.1, 0.15) is 90.0 Å². The molecule has 1 saturated carbocycles. The molecular formula is C32H52ClFN4O3. The van der Waals surface area contributed by atoms with Gasteiger partial charge in [0.25, 0.3) is 0 Å². The molecule has 2 fully saturated rings. The highest BCUT2D eigenvalue weighted by Gasteiger charge is 2.46. The standard InChI is InChI=1S/C32H52ClFN4O3/c1-23(2)30(39)37-32(17-8-9-19-41-4,27-15-10-16-28(33)29(27)34)25-14-11-18-38(22-25)31(40)36-26(21-35-3)20-24-12-6-5-7-13-24/h10,15-16,23-26,35H,5-9,11-14,17-22H2,1-4H3,(H,36,40)(H,37,39)/t25-,26-,32?/m0/s1. The summed E-state index contributed by atoms with van der Waals surface area (Å²) in [4.78, 5) is 28.8. The number of halogens is 2. The number of carbonyl (C=O) groups is 2. The number of methoxy groups -OCH3 is 1. The molecule has 1 aromatic carbocycles. The number of amides is 3. The van der Waals surface area contributed by atoms with E-state index in [0.717, 1.165) is 38.6 Å². The zero-order valence-corrected chi connectivity index (χ0v) is 26.3. The summed E-state index contributed by atoms with van der Waals surface area (Å²) in [6, 6.07) is 4.99. The Balaban J connectivity index is 1.88. The number of benzene rings is 1. The lowest BCUT2D eigenvalue weighted by Crippen LogP contribution is -2.59. The minimum absolute atomic E-state index is 0.0330. The minimum Gasteiger partial charge on any atom is -0.385 e. The first-order valence-electron chi connectivity index (χ1n) is 15.7. The second-order valence-corrected chi connectivity index (χ2v) is 12.8. The highest BCUT2D eigenvalue weighted by molar-refractivity contribution is 6.30. The second kappa shape index (κ2) is 16.7. The Morgan fingerprint density at radius 1 is 1.15 bits per heavy atom. The highest BCUT2D eigenvalue weighted by Crippen LogP contribution is 2.42.